The number of allylic oxidation sites excluding steroid dienone is 2. The summed E-state index contributed by atoms with van der Waals surface area (Å²) in [5.74, 6) is 2.63. The molecule has 0 aliphatic heterocycles. The van der Waals surface area contributed by atoms with Crippen LogP contribution in [0, 0.1) is 5.92 Å². The lowest BCUT2D eigenvalue weighted by atomic mass is 9.70. The number of ketones is 1. The first-order valence-corrected chi connectivity index (χ1v) is 6.69. The molecule has 100 valence electrons. The summed E-state index contributed by atoms with van der Waals surface area (Å²) in [4.78, 5) is 12.3. The summed E-state index contributed by atoms with van der Waals surface area (Å²) in [5.41, 5.74) is 1.86. The van der Waals surface area contributed by atoms with E-state index in [4.69, 9.17) is 9.47 Å². The van der Waals surface area contributed by atoms with Crippen molar-refractivity contribution in [2.75, 3.05) is 14.2 Å². The predicted molar refractivity (Wildman–Crippen MR) is 72.5 cm³/mol. The number of rotatable bonds is 2. The Labute approximate surface area is 113 Å². The monoisotopic (exact) mass is 258 g/mol. The van der Waals surface area contributed by atoms with Gasteiger partial charge >= 0.3 is 0 Å². The van der Waals surface area contributed by atoms with Crippen LogP contribution in [-0.4, -0.2) is 20.0 Å². The number of hydrogen-bond donors (Lipinski definition) is 0. The molecule has 19 heavy (non-hydrogen) atoms. The number of Topliss-reactive ketones (excluding diaryl/α,β-unsaturated/α-hetero) is 1. The highest BCUT2D eigenvalue weighted by Gasteiger charge is 2.36. The molecule has 3 rings (SSSR count). The first kappa shape index (κ1) is 12.3. The summed E-state index contributed by atoms with van der Waals surface area (Å²) in [6.07, 6.45) is 4.75. The minimum atomic E-state index is 0.211. The van der Waals surface area contributed by atoms with Crippen LogP contribution in [0.5, 0.6) is 5.75 Å². The molecule has 0 unspecified atom stereocenters. The van der Waals surface area contributed by atoms with Crippen molar-refractivity contribution in [1.29, 1.82) is 0 Å². The fraction of sp³-hybridized carbons (Fsp3) is 0.438. The first-order valence-electron chi connectivity index (χ1n) is 6.69. The van der Waals surface area contributed by atoms with E-state index in [1.165, 1.54) is 0 Å². The zero-order valence-corrected chi connectivity index (χ0v) is 11.3. The Morgan fingerprint density at radius 2 is 2.05 bits per heavy atom. The van der Waals surface area contributed by atoms with Gasteiger partial charge in [-0.25, -0.2) is 0 Å². The van der Waals surface area contributed by atoms with E-state index < -0.39 is 0 Å². The summed E-state index contributed by atoms with van der Waals surface area (Å²) in [6.45, 7) is 0. The van der Waals surface area contributed by atoms with E-state index in [9.17, 15) is 4.79 Å². The molecule has 0 N–H and O–H groups in total. The standard InChI is InChI=1S/C16H18O3/c1-18-11-7-6-10-8-14(17)16-12(13(10)9-11)4-3-5-15(16)19-2/h3-5,9-10,13H,6-8H2,1-2H3/t10-,13-/m0/s1. The SMILES string of the molecule is COC1=C[C@@H]2c3cccc(OC)c3C(=O)C[C@@H]2CC1. The quantitative estimate of drug-likeness (QED) is 0.816. The molecule has 2 atom stereocenters. The van der Waals surface area contributed by atoms with E-state index in [1.807, 2.05) is 18.2 Å². The van der Waals surface area contributed by atoms with Crippen molar-refractivity contribution < 1.29 is 14.3 Å². The molecule has 1 aromatic carbocycles. The highest BCUT2D eigenvalue weighted by molar-refractivity contribution is 6.01. The number of fused-ring (bicyclic) bond motifs is 3. The van der Waals surface area contributed by atoms with Gasteiger partial charge in [0.05, 0.1) is 25.5 Å². The van der Waals surface area contributed by atoms with Gasteiger partial charge in [-0.15, -0.1) is 0 Å². The third kappa shape index (κ3) is 1.93. The molecule has 0 radical (unpaired) electrons. The van der Waals surface area contributed by atoms with Crippen LogP contribution < -0.4 is 4.74 Å². The van der Waals surface area contributed by atoms with Crippen molar-refractivity contribution in [2.45, 2.75) is 25.2 Å². The molecule has 3 heteroatoms. The van der Waals surface area contributed by atoms with E-state index in [1.54, 1.807) is 14.2 Å². The molecule has 0 saturated heterocycles. The van der Waals surface area contributed by atoms with Crippen LogP contribution in [0.3, 0.4) is 0 Å². The Morgan fingerprint density at radius 1 is 1.21 bits per heavy atom. The number of carbonyl (C=O) groups excluding carboxylic acids is 1. The van der Waals surface area contributed by atoms with Crippen LogP contribution in [0.1, 0.15) is 41.1 Å². The molecule has 0 fully saturated rings. The van der Waals surface area contributed by atoms with Crippen molar-refractivity contribution in [2.24, 2.45) is 5.92 Å². The largest absolute Gasteiger partial charge is 0.501 e. The second-order valence-electron chi connectivity index (χ2n) is 5.21. The van der Waals surface area contributed by atoms with Crippen molar-refractivity contribution in [3.63, 3.8) is 0 Å². The summed E-state index contributed by atoms with van der Waals surface area (Å²) in [7, 11) is 3.33. The fourth-order valence-corrected chi connectivity index (χ4v) is 3.30. The maximum atomic E-state index is 12.3. The van der Waals surface area contributed by atoms with Crippen LogP contribution in [0.25, 0.3) is 0 Å². The van der Waals surface area contributed by atoms with E-state index in [0.29, 0.717) is 18.1 Å². The van der Waals surface area contributed by atoms with Gasteiger partial charge in [-0.2, -0.15) is 0 Å². The summed E-state index contributed by atoms with van der Waals surface area (Å²) >= 11 is 0. The molecule has 1 aromatic rings. The average molecular weight is 258 g/mol. The molecule has 0 aromatic heterocycles. The summed E-state index contributed by atoms with van der Waals surface area (Å²) in [5, 5.41) is 0. The smallest absolute Gasteiger partial charge is 0.167 e. The molecular weight excluding hydrogens is 240 g/mol. The van der Waals surface area contributed by atoms with Gasteiger partial charge in [0, 0.05) is 18.8 Å². The van der Waals surface area contributed by atoms with Crippen molar-refractivity contribution in [1.82, 2.24) is 0 Å². The Hall–Kier alpha value is -1.77. The van der Waals surface area contributed by atoms with Crippen LogP contribution in [0.15, 0.2) is 30.0 Å². The molecule has 0 saturated carbocycles. The molecule has 0 bridgehead atoms. The van der Waals surface area contributed by atoms with Gasteiger partial charge in [0.1, 0.15) is 5.75 Å². The third-order valence-electron chi connectivity index (χ3n) is 4.26. The van der Waals surface area contributed by atoms with E-state index in [-0.39, 0.29) is 11.7 Å². The second-order valence-corrected chi connectivity index (χ2v) is 5.21. The molecule has 0 amide bonds. The van der Waals surface area contributed by atoms with Gasteiger partial charge in [-0.05, 0) is 30.0 Å². The molecule has 0 spiro atoms. The van der Waals surface area contributed by atoms with Crippen molar-refractivity contribution in [3.05, 3.63) is 41.2 Å². The van der Waals surface area contributed by atoms with Crippen molar-refractivity contribution >= 4 is 5.78 Å². The van der Waals surface area contributed by atoms with Crippen LogP contribution in [0.2, 0.25) is 0 Å². The fourth-order valence-electron chi connectivity index (χ4n) is 3.30. The number of benzene rings is 1. The van der Waals surface area contributed by atoms with Crippen LogP contribution >= 0.6 is 0 Å². The van der Waals surface area contributed by atoms with Gasteiger partial charge < -0.3 is 9.47 Å². The number of ether oxygens (including phenoxy) is 2. The highest BCUT2D eigenvalue weighted by Crippen LogP contribution is 2.45. The minimum absolute atomic E-state index is 0.211. The lowest BCUT2D eigenvalue weighted by molar-refractivity contribution is 0.0929. The molecule has 2 aliphatic carbocycles. The van der Waals surface area contributed by atoms with Gasteiger partial charge in [0.2, 0.25) is 0 Å². The van der Waals surface area contributed by atoms with Crippen molar-refractivity contribution in [3.8, 4) is 5.75 Å². The third-order valence-corrected chi connectivity index (χ3v) is 4.26. The number of carbonyl (C=O) groups is 1. The lowest BCUT2D eigenvalue weighted by Crippen LogP contribution is -2.27. The van der Waals surface area contributed by atoms with E-state index in [2.05, 4.69) is 6.08 Å². The Balaban J connectivity index is 2.12. The molecule has 3 nitrogen and oxygen atoms in total. The van der Waals surface area contributed by atoms with Crippen LogP contribution in [-0.2, 0) is 4.74 Å². The maximum absolute atomic E-state index is 12.3. The zero-order chi connectivity index (χ0) is 13.4. The van der Waals surface area contributed by atoms with Gasteiger partial charge in [-0.3, -0.25) is 4.79 Å². The second kappa shape index (κ2) is 4.72. The summed E-state index contributed by atoms with van der Waals surface area (Å²) < 4.78 is 10.7. The highest BCUT2D eigenvalue weighted by atomic mass is 16.5. The zero-order valence-electron chi connectivity index (χ0n) is 11.3. The van der Waals surface area contributed by atoms with E-state index in [0.717, 1.165) is 29.7 Å². The van der Waals surface area contributed by atoms with Gasteiger partial charge in [0.25, 0.3) is 0 Å². The van der Waals surface area contributed by atoms with Crippen LogP contribution in [0.4, 0.5) is 0 Å². The average Bonchev–Trinajstić information content (AvgIpc) is 2.46. The molecular formula is C16H18O3. The Bertz CT molecular complexity index is 545. The normalized spacial score (nSPS) is 25.2. The molecule has 2 aliphatic rings. The number of hydrogen-bond acceptors (Lipinski definition) is 3. The summed E-state index contributed by atoms with van der Waals surface area (Å²) in [6, 6.07) is 5.87. The topological polar surface area (TPSA) is 35.5 Å². The molecule has 0 heterocycles. The predicted octanol–water partition coefficient (Wildman–Crippen LogP) is 3.31. The number of methoxy groups -OCH3 is 2. The maximum Gasteiger partial charge on any atom is 0.167 e. The van der Waals surface area contributed by atoms with E-state index >= 15 is 0 Å². The van der Waals surface area contributed by atoms with Gasteiger partial charge in [-0.1, -0.05) is 12.1 Å². The first-order chi connectivity index (χ1) is 9.24. The Morgan fingerprint density at radius 3 is 2.79 bits per heavy atom. The van der Waals surface area contributed by atoms with Gasteiger partial charge in [0.15, 0.2) is 5.78 Å². The Kier molecular flexibility index (Phi) is 3.05. The minimum Gasteiger partial charge on any atom is -0.501 e. The lowest BCUT2D eigenvalue weighted by Gasteiger charge is -2.35.